The molecule has 5 rings (SSSR count). The fourth-order valence-electron chi connectivity index (χ4n) is 3.76. The number of furan rings is 1. The van der Waals surface area contributed by atoms with Crippen LogP contribution in [-0.2, 0) is 25.7 Å². The molecule has 1 N–H and O–H groups in total. The monoisotopic (exact) mass is 477 g/mol. The third-order valence-electron chi connectivity index (χ3n) is 5.38. The van der Waals surface area contributed by atoms with E-state index in [9.17, 15) is 18.0 Å². The van der Waals surface area contributed by atoms with Gasteiger partial charge in [0.1, 0.15) is 29.4 Å². The molecule has 0 fully saturated rings. The molecule has 6 nitrogen and oxygen atoms in total. The molecule has 33 heavy (non-hydrogen) atoms. The summed E-state index contributed by atoms with van der Waals surface area (Å²) in [4.78, 5) is 16.0. The fourth-order valence-corrected chi connectivity index (χ4v) is 3.76. The van der Waals surface area contributed by atoms with E-state index < -0.39 is 11.9 Å². The maximum Gasteiger partial charge on any atom is 0.433 e. The van der Waals surface area contributed by atoms with Crippen LogP contribution in [0.4, 0.5) is 13.2 Å². The first kappa shape index (κ1) is 22.9. The molecule has 0 spiro atoms. The number of halogens is 4. The summed E-state index contributed by atoms with van der Waals surface area (Å²) in [6.07, 6.45) is -0.954. The normalized spacial score (nSPS) is 13.4. The van der Waals surface area contributed by atoms with E-state index in [0.717, 1.165) is 54.1 Å². The van der Waals surface area contributed by atoms with Crippen molar-refractivity contribution < 1.29 is 22.3 Å². The Morgan fingerprint density at radius 2 is 2.00 bits per heavy atom. The second-order valence-electron chi connectivity index (χ2n) is 7.52. The summed E-state index contributed by atoms with van der Waals surface area (Å²) >= 11 is 0. The number of alkyl halides is 3. The number of ether oxygens (including phenoxy) is 1. The quantitative estimate of drug-likeness (QED) is 0.463. The van der Waals surface area contributed by atoms with Crippen LogP contribution >= 0.6 is 12.4 Å². The molecule has 0 aliphatic carbocycles. The first-order valence-electron chi connectivity index (χ1n) is 10.0. The Hall–Kier alpha value is -3.30. The number of hydrogen-bond donors (Lipinski definition) is 1. The summed E-state index contributed by atoms with van der Waals surface area (Å²) in [5.41, 5.74) is 1.76. The van der Waals surface area contributed by atoms with E-state index in [0.29, 0.717) is 17.0 Å². The Kier molecular flexibility index (Phi) is 6.18. The van der Waals surface area contributed by atoms with Crippen LogP contribution in [0.1, 0.15) is 22.6 Å². The molecule has 10 heteroatoms. The van der Waals surface area contributed by atoms with Crippen LogP contribution in [-0.4, -0.2) is 16.1 Å². The van der Waals surface area contributed by atoms with Crippen LogP contribution in [0.15, 0.2) is 64.1 Å². The SMILES string of the molecule is Cl.O=c1cc(OCc2ccc(C(F)(F)F)nc2)ccn1-c1ccc2c3c(oc2c1)CCNC3. The van der Waals surface area contributed by atoms with Gasteiger partial charge in [0.15, 0.2) is 0 Å². The number of rotatable bonds is 4. The number of hydrogen-bond acceptors (Lipinski definition) is 5. The van der Waals surface area contributed by atoms with Gasteiger partial charge in [-0.15, -0.1) is 12.4 Å². The minimum absolute atomic E-state index is 0. The lowest BCUT2D eigenvalue weighted by Gasteiger charge is -2.11. The van der Waals surface area contributed by atoms with E-state index in [2.05, 4.69) is 10.3 Å². The first-order valence-corrected chi connectivity index (χ1v) is 10.0. The van der Waals surface area contributed by atoms with Crippen molar-refractivity contribution in [2.24, 2.45) is 0 Å². The highest BCUT2D eigenvalue weighted by molar-refractivity contribution is 5.85. The van der Waals surface area contributed by atoms with Crippen LogP contribution in [0.2, 0.25) is 0 Å². The van der Waals surface area contributed by atoms with Gasteiger partial charge in [-0.05, 0) is 24.3 Å². The zero-order valence-electron chi connectivity index (χ0n) is 17.2. The summed E-state index contributed by atoms with van der Waals surface area (Å²) in [6, 6.07) is 10.8. The Bertz CT molecular complexity index is 1350. The second kappa shape index (κ2) is 8.92. The van der Waals surface area contributed by atoms with Gasteiger partial charge < -0.3 is 14.5 Å². The predicted molar refractivity (Wildman–Crippen MR) is 118 cm³/mol. The van der Waals surface area contributed by atoms with Crippen LogP contribution in [0.5, 0.6) is 5.75 Å². The van der Waals surface area contributed by atoms with Crippen molar-refractivity contribution >= 4 is 23.4 Å². The highest BCUT2D eigenvalue weighted by Crippen LogP contribution is 2.30. The summed E-state index contributed by atoms with van der Waals surface area (Å²) in [5.74, 6) is 1.29. The van der Waals surface area contributed by atoms with E-state index in [4.69, 9.17) is 9.15 Å². The molecule has 1 aliphatic heterocycles. The minimum atomic E-state index is -4.49. The highest BCUT2D eigenvalue weighted by atomic mass is 35.5. The largest absolute Gasteiger partial charge is 0.489 e. The van der Waals surface area contributed by atoms with Crippen molar-refractivity contribution in [2.75, 3.05) is 6.54 Å². The maximum atomic E-state index is 12.6. The van der Waals surface area contributed by atoms with Crippen molar-refractivity contribution in [3.05, 3.63) is 87.8 Å². The minimum Gasteiger partial charge on any atom is -0.489 e. The van der Waals surface area contributed by atoms with E-state index in [-0.39, 0.29) is 24.6 Å². The van der Waals surface area contributed by atoms with Gasteiger partial charge in [0.2, 0.25) is 0 Å². The van der Waals surface area contributed by atoms with Crippen molar-refractivity contribution in [2.45, 2.75) is 25.7 Å². The fraction of sp³-hybridized carbons (Fsp3) is 0.217. The molecule has 4 aromatic rings. The average Bonchev–Trinajstić information content (AvgIpc) is 3.15. The second-order valence-corrected chi connectivity index (χ2v) is 7.52. The average molecular weight is 478 g/mol. The van der Waals surface area contributed by atoms with Gasteiger partial charge >= 0.3 is 6.18 Å². The van der Waals surface area contributed by atoms with Gasteiger partial charge in [-0.25, -0.2) is 0 Å². The number of benzene rings is 1. The Labute approximate surface area is 192 Å². The molecule has 0 unspecified atom stereocenters. The molecule has 0 amide bonds. The van der Waals surface area contributed by atoms with Crippen molar-refractivity contribution in [1.29, 1.82) is 0 Å². The van der Waals surface area contributed by atoms with Crippen LogP contribution in [0.25, 0.3) is 16.7 Å². The molecule has 4 heterocycles. The van der Waals surface area contributed by atoms with Gasteiger partial charge in [0.25, 0.3) is 5.56 Å². The number of fused-ring (bicyclic) bond motifs is 3. The topological polar surface area (TPSA) is 69.3 Å². The zero-order valence-corrected chi connectivity index (χ0v) is 18.0. The highest BCUT2D eigenvalue weighted by Gasteiger charge is 2.32. The molecule has 3 aromatic heterocycles. The Morgan fingerprint density at radius 3 is 2.73 bits per heavy atom. The lowest BCUT2D eigenvalue weighted by molar-refractivity contribution is -0.141. The van der Waals surface area contributed by atoms with E-state index in [1.165, 1.54) is 16.7 Å². The van der Waals surface area contributed by atoms with Gasteiger partial charge in [-0.1, -0.05) is 6.07 Å². The molecule has 0 bridgehead atoms. The smallest absolute Gasteiger partial charge is 0.433 e. The number of nitrogens with one attached hydrogen (secondary N) is 1. The lowest BCUT2D eigenvalue weighted by atomic mass is 10.1. The molecule has 0 saturated carbocycles. The van der Waals surface area contributed by atoms with E-state index in [1.54, 1.807) is 12.3 Å². The maximum absolute atomic E-state index is 12.6. The summed E-state index contributed by atoms with van der Waals surface area (Å²) in [7, 11) is 0. The first-order chi connectivity index (χ1) is 15.4. The third-order valence-corrected chi connectivity index (χ3v) is 5.38. The summed E-state index contributed by atoms with van der Waals surface area (Å²) in [5, 5.41) is 4.37. The molecule has 0 saturated heterocycles. The number of aromatic nitrogens is 2. The molecular formula is C23H19ClF3N3O3. The van der Waals surface area contributed by atoms with E-state index >= 15 is 0 Å². The van der Waals surface area contributed by atoms with Crippen LogP contribution < -0.4 is 15.6 Å². The molecular weight excluding hydrogens is 459 g/mol. The summed E-state index contributed by atoms with van der Waals surface area (Å²) < 4.78 is 50.8. The van der Waals surface area contributed by atoms with Crippen LogP contribution in [0, 0.1) is 0 Å². The van der Waals surface area contributed by atoms with E-state index in [1.807, 2.05) is 18.2 Å². The Morgan fingerprint density at radius 1 is 1.15 bits per heavy atom. The van der Waals surface area contributed by atoms with Crippen LogP contribution in [0.3, 0.4) is 0 Å². The van der Waals surface area contributed by atoms with Gasteiger partial charge in [-0.3, -0.25) is 14.3 Å². The van der Waals surface area contributed by atoms with Crippen molar-refractivity contribution in [1.82, 2.24) is 14.9 Å². The van der Waals surface area contributed by atoms with Crippen molar-refractivity contribution in [3.63, 3.8) is 0 Å². The molecule has 0 atom stereocenters. The Balaban J connectivity index is 0.00000259. The number of pyridine rings is 2. The zero-order chi connectivity index (χ0) is 22.3. The summed E-state index contributed by atoms with van der Waals surface area (Å²) in [6.45, 7) is 1.64. The molecule has 0 radical (unpaired) electrons. The van der Waals surface area contributed by atoms with Gasteiger partial charge in [-0.2, -0.15) is 13.2 Å². The standard InChI is InChI=1S/C23H18F3N3O3.ClH/c24-23(25,26)21-4-1-14(11-28-21)13-31-16-6-8-29(22(30)10-16)15-2-3-17-18-12-27-7-5-19(18)32-20(17)9-15;/h1-4,6,8-11,27H,5,7,12-13H2;1H. The van der Waals surface area contributed by atoms with Gasteiger partial charge in [0.05, 0.1) is 5.69 Å². The third kappa shape index (κ3) is 4.60. The van der Waals surface area contributed by atoms with Gasteiger partial charge in [0, 0.05) is 60.5 Å². The molecule has 1 aliphatic rings. The lowest BCUT2D eigenvalue weighted by Crippen LogP contribution is -2.22. The molecule has 1 aromatic carbocycles. The molecule has 172 valence electrons. The predicted octanol–water partition coefficient (Wildman–Crippen LogP) is 4.64. The van der Waals surface area contributed by atoms with Crippen molar-refractivity contribution in [3.8, 4) is 11.4 Å². The number of nitrogens with zero attached hydrogens (tertiary/aromatic N) is 2.